The molecule has 3 rings (SSSR count). The number of carbonyl (C=O) groups excluding carboxylic acids is 2. The summed E-state index contributed by atoms with van der Waals surface area (Å²) < 4.78 is 5.28. The third kappa shape index (κ3) is 4.95. The van der Waals surface area contributed by atoms with Gasteiger partial charge in [-0.15, -0.1) is 0 Å². The van der Waals surface area contributed by atoms with Gasteiger partial charge in [0.05, 0.1) is 6.26 Å². The Hall–Kier alpha value is -3.60. The minimum absolute atomic E-state index is 0.0936. The van der Waals surface area contributed by atoms with Crippen molar-refractivity contribution in [3.05, 3.63) is 95.1 Å². The molecule has 0 radical (unpaired) electrons. The molecule has 0 fully saturated rings. The number of rotatable bonds is 5. The van der Waals surface area contributed by atoms with Crippen molar-refractivity contribution in [3.8, 4) is 0 Å². The van der Waals surface area contributed by atoms with E-state index in [1.165, 1.54) is 12.3 Å². The molecule has 0 saturated heterocycles. The molecule has 0 atom stereocenters. The number of aryl methyl sites for hydroxylation is 2. The molecule has 3 aromatic rings. The highest BCUT2D eigenvalue weighted by atomic mass is 16.3. The van der Waals surface area contributed by atoms with Gasteiger partial charge in [-0.2, -0.15) is 0 Å². The fourth-order valence-electron chi connectivity index (χ4n) is 2.41. The van der Waals surface area contributed by atoms with Gasteiger partial charge in [0, 0.05) is 17.3 Å². The van der Waals surface area contributed by atoms with Crippen molar-refractivity contribution in [1.29, 1.82) is 0 Å². The fraction of sp³-hybridized carbons (Fsp3) is 0.0909. The Labute approximate surface area is 157 Å². The SMILES string of the molecule is Cc1ccc(NC(=O)C(=Cc2ccco2)NC(=O)c2ccc(C)cc2)cc1. The first kappa shape index (κ1) is 18.2. The van der Waals surface area contributed by atoms with Crippen molar-refractivity contribution >= 4 is 23.6 Å². The zero-order valence-corrected chi connectivity index (χ0v) is 15.2. The molecule has 2 amide bonds. The van der Waals surface area contributed by atoms with E-state index in [0.29, 0.717) is 17.0 Å². The molecular weight excluding hydrogens is 340 g/mol. The van der Waals surface area contributed by atoms with Crippen LogP contribution in [-0.2, 0) is 4.79 Å². The summed E-state index contributed by atoms with van der Waals surface area (Å²) in [5.74, 6) is -0.337. The van der Waals surface area contributed by atoms with Crippen LogP contribution in [0.15, 0.2) is 77.0 Å². The number of hydrogen-bond acceptors (Lipinski definition) is 3. The summed E-state index contributed by atoms with van der Waals surface area (Å²) in [6.45, 7) is 3.91. The van der Waals surface area contributed by atoms with Gasteiger partial charge >= 0.3 is 0 Å². The molecule has 2 N–H and O–H groups in total. The summed E-state index contributed by atoms with van der Waals surface area (Å²) in [4.78, 5) is 25.2. The standard InChI is InChI=1S/C22H20N2O3/c1-15-5-9-17(10-6-15)21(25)24-20(14-19-4-3-13-27-19)22(26)23-18-11-7-16(2)8-12-18/h3-14H,1-2H3,(H,23,26)(H,24,25). The Morgan fingerprint density at radius 1 is 0.889 bits per heavy atom. The molecule has 0 bridgehead atoms. The monoisotopic (exact) mass is 360 g/mol. The first-order valence-corrected chi connectivity index (χ1v) is 8.52. The largest absolute Gasteiger partial charge is 0.465 e. The summed E-state index contributed by atoms with van der Waals surface area (Å²) in [5, 5.41) is 5.46. The van der Waals surface area contributed by atoms with E-state index in [2.05, 4.69) is 10.6 Å². The van der Waals surface area contributed by atoms with Crippen molar-refractivity contribution < 1.29 is 14.0 Å². The normalized spacial score (nSPS) is 11.1. The van der Waals surface area contributed by atoms with Crippen LogP contribution in [0.2, 0.25) is 0 Å². The zero-order chi connectivity index (χ0) is 19.2. The number of furan rings is 1. The first-order valence-electron chi connectivity index (χ1n) is 8.52. The highest BCUT2D eigenvalue weighted by molar-refractivity contribution is 6.10. The van der Waals surface area contributed by atoms with Crippen LogP contribution in [-0.4, -0.2) is 11.8 Å². The minimum Gasteiger partial charge on any atom is -0.465 e. The number of amides is 2. The van der Waals surface area contributed by atoms with Crippen LogP contribution in [0.25, 0.3) is 6.08 Å². The van der Waals surface area contributed by atoms with Gasteiger partial charge < -0.3 is 15.1 Å². The van der Waals surface area contributed by atoms with E-state index in [1.54, 1.807) is 36.4 Å². The second kappa shape index (κ2) is 8.19. The highest BCUT2D eigenvalue weighted by Crippen LogP contribution is 2.13. The van der Waals surface area contributed by atoms with Crippen LogP contribution in [0.3, 0.4) is 0 Å². The van der Waals surface area contributed by atoms with Crippen LogP contribution in [0.5, 0.6) is 0 Å². The molecule has 1 heterocycles. The molecule has 0 aliphatic rings. The Kier molecular flexibility index (Phi) is 5.52. The molecule has 0 saturated carbocycles. The van der Waals surface area contributed by atoms with Gasteiger partial charge in [-0.3, -0.25) is 9.59 Å². The number of nitrogens with one attached hydrogen (secondary N) is 2. The van der Waals surface area contributed by atoms with Gasteiger partial charge in [0.15, 0.2) is 0 Å². The summed E-state index contributed by atoms with van der Waals surface area (Å²) in [7, 11) is 0. The van der Waals surface area contributed by atoms with Crippen molar-refractivity contribution in [2.24, 2.45) is 0 Å². The molecule has 0 spiro atoms. The second-order valence-corrected chi connectivity index (χ2v) is 6.21. The molecule has 5 heteroatoms. The quantitative estimate of drug-likeness (QED) is 0.666. The predicted molar refractivity (Wildman–Crippen MR) is 105 cm³/mol. The molecule has 136 valence electrons. The Balaban J connectivity index is 1.82. The molecule has 0 unspecified atom stereocenters. The van der Waals surface area contributed by atoms with Gasteiger partial charge in [-0.05, 0) is 50.2 Å². The Bertz CT molecular complexity index is 954. The van der Waals surface area contributed by atoms with Crippen LogP contribution in [0.4, 0.5) is 5.69 Å². The summed E-state index contributed by atoms with van der Waals surface area (Å²) in [6, 6.07) is 17.9. The van der Waals surface area contributed by atoms with Gasteiger partial charge in [-0.25, -0.2) is 0 Å². The molecule has 1 aromatic heterocycles. The lowest BCUT2D eigenvalue weighted by Crippen LogP contribution is -2.30. The minimum atomic E-state index is -0.435. The van der Waals surface area contributed by atoms with Crippen LogP contribution < -0.4 is 10.6 Å². The zero-order valence-electron chi connectivity index (χ0n) is 15.2. The van der Waals surface area contributed by atoms with E-state index in [4.69, 9.17) is 4.42 Å². The van der Waals surface area contributed by atoms with Gasteiger partial charge in [0.1, 0.15) is 11.5 Å². The smallest absolute Gasteiger partial charge is 0.272 e. The van der Waals surface area contributed by atoms with E-state index in [0.717, 1.165) is 11.1 Å². The fourth-order valence-corrected chi connectivity index (χ4v) is 2.41. The topological polar surface area (TPSA) is 71.3 Å². The average Bonchev–Trinajstić information content (AvgIpc) is 3.16. The third-order valence-electron chi connectivity index (χ3n) is 3.95. The van der Waals surface area contributed by atoms with E-state index in [-0.39, 0.29) is 11.6 Å². The van der Waals surface area contributed by atoms with E-state index >= 15 is 0 Å². The Morgan fingerprint density at radius 2 is 1.52 bits per heavy atom. The molecule has 0 aliphatic carbocycles. The average molecular weight is 360 g/mol. The predicted octanol–water partition coefficient (Wildman–Crippen LogP) is 4.31. The summed E-state index contributed by atoms with van der Waals surface area (Å²) in [5.41, 5.74) is 3.34. The maximum absolute atomic E-state index is 12.7. The van der Waals surface area contributed by atoms with E-state index in [1.807, 2.05) is 38.1 Å². The van der Waals surface area contributed by atoms with E-state index < -0.39 is 5.91 Å². The lowest BCUT2D eigenvalue weighted by molar-refractivity contribution is -0.113. The van der Waals surface area contributed by atoms with Gasteiger partial charge in [-0.1, -0.05) is 35.4 Å². The summed E-state index contributed by atoms with van der Waals surface area (Å²) in [6.07, 6.45) is 3.00. The summed E-state index contributed by atoms with van der Waals surface area (Å²) >= 11 is 0. The number of hydrogen-bond donors (Lipinski definition) is 2. The maximum atomic E-state index is 12.7. The van der Waals surface area contributed by atoms with Crippen molar-refractivity contribution in [1.82, 2.24) is 5.32 Å². The van der Waals surface area contributed by atoms with Crippen LogP contribution in [0, 0.1) is 13.8 Å². The Morgan fingerprint density at radius 3 is 2.11 bits per heavy atom. The molecule has 5 nitrogen and oxygen atoms in total. The molecule has 2 aromatic carbocycles. The molecule has 27 heavy (non-hydrogen) atoms. The maximum Gasteiger partial charge on any atom is 0.272 e. The lowest BCUT2D eigenvalue weighted by Gasteiger charge is -2.11. The van der Waals surface area contributed by atoms with Gasteiger partial charge in [0.2, 0.25) is 0 Å². The van der Waals surface area contributed by atoms with E-state index in [9.17, 15) is 9.59 Å². The number of carbonyl (C=O) groups is 2. The van der Waals surface area contributed by atoms with Gasteiger partial charge in [0.25, 0.3) is 11.8 Å². The highest BCUT2D eigenvalue weighted by Gasteiger charge is 2.15. The van der Waals surface area contributed by atoms with Crippen LogP contribution >= 0.6 is 0 Å². The van der Waals surface area contributed by atoms with Crippen molar-refractivity contribution in [3.63, 3.8) is 0 Å². The molecular formula is C22H20N2O3. The lowest BCUT2D eigenvalue weighted by atomic mass is 10.1. The first-order chi connectivity index (χ1) is 13.0. The number of anilines is 1. The van der Waals surface area contributed by atoms with Crippen LogP contribution in [0.1, 0.15) is 27.2 Å². The number of benzene rings is 2. The van der Waals surface area contributed by atoms with Crippen molar-refractivity contribution in [2.75, 3.05) is 5.32 Å². The second-order valence-electron chi connectivity index (χ2n) is 6.21. The van der Waals surface area contributed by atoms with Crippen molar-refractivity contribution in [2.45, 2.75) is 13.8 Å². The third-order valence-corrected chi connectivity index (χ3v) is 3.95. The molecule has 0 aliphatic heterocycles.